The van der Waals surface area contributed by atoms with Gasteiger partial charge in [-0.1, -0.05) is 13.8 Å². The van der Waals surface area contributed by atoms with Gasteiger partial charge in [0, 0.05) is 5.69 Å². The van der Waals surface area contributed by atoms with Crippen LogP contribution in [0.1, 0.15) is 42.7 Å². The number of hydrogen-bond acceptors (Lipinski definition) is 7. The summed E-state index contributed by atoms with van der Waals surface area (Å²) in [5, 5.41) is 0.572. The minimum Gasteiger partial charge on any atom is -0.462 e. The highest BCUT2D eigenvalue weighted by Crippen LogP contribution is 2.23. The Bertz CT molecular complexity index is 1010. The number of pyridine rings is 2. The number of nitrogens with two attached hydrogens (primary N) is 1. The zero-order valence-electron chi connectivity index (χ0n) is 13.6. The third-order valence-corrected chi connectivity index (χ3v) is 3.69. The lowest BCUT2D eigenvalue weighted by Gasteiger charge is -2.08. The summed E-state index contributed by atoms with van der Waals surface area (Å²) < 4.78 is 10.6. The van der Waals surface area contributed by atoms with Crippen LogP contribution in [-0.2, 0) is 4.74 Å². The van der Waals surface area contributed by atoms with E-state index < -0.39 is 5.97 Å². The first-order valence-corrected chi connectivity index (χ1v) is 7.62. The van der Waals surface area contributed by atoms with E-state index in [2.05, 4.69) is 9.97 Å². The topological polar surface area (TPSA) is 108 Å². The molecule has 124 valence electrons. The van der Waals surface area contributed by atoms with Crippen molar-refractivity contribution >= 4 is 33.9 Å². The fraction of sp³-hybridized carbons (Fsp3) is 0.294. The van der Waals surface area contributed by atoms with Gasteiger partial charge in [-0.3, -0.25) is 9.78 Å². The standard InChI is InChI=1S/C17H17N3O4/c1-4-23-17(22)11-5-10-14(21)9-6-12(8(2)3)19-7-13(9)24-16(10)20-15(11)18/h5-8H,4H2,1-3H3,(H2,18,20). The minimum atomic E-state index is -0.624. The smallest absolute Gasteiger partial charge is 0.341 e. The average molecular weight is 327 g/mol. The highest BCUT2D eigenvalue weighted by atomic mass is 16.5. The summed E-state index contributed by atoms with van der Waals surface area (Å²) in [5.41, 5.74) is 6.73. The van der Waals surface area contributed by atoms with E-state index in [1.165, 1.54) is 12.3 Å². The molecule has 2 N–H and O–H groups in total. The van der Waals surface area contributed by atoms with Crippen LogP contribution in [0, 0.1) is 0 Å². The predicted molar refractivity (Wildman–Crippen MR) is 90.0 cm³/mol. The number of esters is 1. The Balaban J connectivity index is 2.31. The molecule has 3 rings (SSSR count). The Kier molecular flexibility index (Phi) is 3.92. The lowest BCUT2D eigenvalue weighted by atomic mass is 10.1. The molecule has 7 heteroatoms. The Morgan fingerprint density at radius 1 is 1.33 bits per heavy atom. The molecule has 0 unspecified atom stereocenters. The molecular weight excluding hydrogens is 310 g/mol. The van der Waals surface area contributed by atoms with Crippen molar-refractivity contribution in [2.75, 3.05) is 12.3 Å². The van der Waals surface area contributed by atoms with Crippen molar-refractivity contribution < 1.29 is 13.9 Å². The van der Waals surface area contributed by atoms with Gasteiger partial charge in [0.15, 0.2) is 5.58 Å². The Morgan fingerprint density at radius 2 is 2.08 bits per heavy atom. The molecule has 0 atom stereocenters. The van der Waals surface area contributed by atoms with E-state index in [1.54, 1.807) is 13.0 Å². The van der Waals surface area contributed by atoms with E-state index in [1.807, 2.05) is 13.8 Å². The molecular formula is C17H17N3O4. The van der Waals surface area contributed by atoms with Gasteiger partial charge in [0.1, 0.15) is 11.4 Å². The lowest BCUT2D eigenvalue weighted by Crippen LogP contribution is -2.12. The second-order valence-corrected chi connectivity index (χ2v) is 5.69. The zero-order chi connectivity index (χ0) is 17.4. The molecule has 0 fully saturated rings. The first kappa shape index (κ1) is 15.9. The molecule has 0 radical (unpaired) electrons. The summed E-state index contributed by atoms with van der Waals surface area (Å²) in [6.07, 6.45) is 1.50. The fourth-order valence-corrected chi connectivity index (χ4v) is 2.41. The number of aromatic nitrogens is 2. The van der Waals surface area contributed by atoms with Crippen LogP contribution in [0.25, 0.3) is 22.1 Å². The van der Waals surface area contributed by atoms with Gasteiger partial charge in [-0.05, 0) is 25.0 Å². The quantitative estimate of drug-likeness (QED) is 0.581. The predicted octanol–water partition coefficient (Wildman–Crippen LogP) is 2.62. The second kappa shape index (κ2) is 5.92. The van der Waals surface area contributed by atoms with Gasteiger partial charge in [-0.15, -0.1) is 0 Å². The first-order valence-electron chi connectivity index (χ1n) is 7.62. The van der Waals surface area contributed by atoms with Gasteiger partial charge in [0.05, 0.1) is 23.6 Å². The third kappa shape index (κ3) is 2.58. The van der Waals surface area contributed by atoms with E-state index in [-0.39, 0.29) is 40.4 Å². The number of carbonyl (C=O) groups excluding carboxylic acids is 1. The van der Waals surface area contributed by atoms with E-state index in [0.29, 0.717) is 11.0 Å². The maximum absolute atomic E-state index is 12.8. The van der Waals surface area contributed by atoms with Gasteiger partial charge in [-0.2, -0.15) is 4.98 Å². The van der Waals surface area contributed by atoms with Crippen molar-refractivity contribution in [3.8, 4) is 0 Å². The Morgan fingerprint density at radius 3 is 2.75 bits per heavy atom. The van der Waals surface area contributed by atoms with E-state index in [9.17, 15) is 9.59 Å². The molecule has 0 aliphatic rings. The molecule has 0 saturated heterocycles. The molecule has 0 aliphatic carbocycles. The maximum Gasteiger partial charge on any atom is 0.341 e. The van der Waals surface area contributed by atoms with Crippen LogP contribution in [0.15, 0.2) is 27.5 Å². The molecule has 3 aromatic heterocycles. The minimum absolute atomic E-state index is 0.0461. The normalized spacial score (nSPS) is 11.3. The monoisotopic (exact) mass is 327 g/mol. The molecule has 0 amide bonds. The number of hydrogen-bond donors (Lipinski definition) is 1. The fourth-order valence-electron chi connectivity index (χ4n) is 2.41. The summed E-state index contributed by atoms with van der Waals surface area (Å²) in [7, 11) is 0. The molecule has 3 aromatic rings. The number of anilines is 1. The lowest BCUT2D eigenvalue weighted by molar-refractivity contribution is 0.0527. The maximum atomic E-state index is 12.8. The number of rotatable bonds is 3. The van der Waals surface area contributed by atoms with Crippen molar-refractivity contribution in [2.45, 2.75) is 26.7 Å². The van der Waals surface area contributed by atoms with Crippen molar-refractivity contribution in [2.24, 2.45) is 0 Å². The largest absolute Gasteiger partial charge is 0.462 e. The second-order valence-electron chi connectivity index (χ2n) is 5.69. The van der Waals surface area contributed by atoms with Gasteiger partial charge in [-0.25, -0.2) is 4.79 Å². The first-order chi connectivity index (χ1) is 11.4. The molecule has 0 saturated carbocycles. The van der Waals surface area contributed by atoms with Crippen molar-refractivity contribution in [3.63, 3.8) is 0 Å². The van der Waals surface area contributed by atoms with Crippen molar-refractivity contribution in [1.29, 1.82) is 0 Å². The van der Waals surface area contributed by atoms with Crippen molar-refractivity contribution in [1.82, 2.24) is 9.97 Å². The number of fused-ring (bicyclic) bond motifs is 2. The van der Waals surface area contributed by atoms with E-state index >= 15 is 0 Å². The van der Waals surface area contributed by atoms with Crippen LogP contribution < -0.4 is 11.2 Å². The van der Waals surface area contributed by atoms with Gasteiger partial charge < -0.3 is 14.9 Å². The van der Waals surface area contributed by atoms with Gasteiger partial charge >= 0.3 is 5.97 Å². The highest BCUT2D eigenvalue weighted by molar-refractivity contribution is 5.99. The molecule has 0 spiro atoms. The van der Waals surface area contributed by atoms with E-state index in [0.717, 1.165) is 5.69 Å². The summed E-state index contributed by atoms with van der Waals surface area (Å²) >= 11 is 0. The van der Waals surface area contributed by atoms with Crippen molar-refractivity contribution in [3.05, 3.63) is 39.8 Å². The molecule has 0 aromatic carbocycles. The Hall–Kier alpha value is -2.96. The number of nitrogens with zero attached hydrogens (tertiary/aromatic N) is 2. The molecule has 3 heterocycles. The van der Waals surface area contributed by atoms with E-state index in [4.69, 9.17) is 14.9 Å². The Labute approximate surface area is 137 Å². The third-order valence-electron chi connectivity index (χ3n) is 3.69. The van der Waals surface area contributed by atoms with Crippen LogP contribution in [-0.4, -0.2) is 22.5 Å². The highest BCUT2D eigenvalue weighted by Gasteiger charge is 2.18. The summed E-state index contributed by atoms with van der Waals surface area (Å²) in [6, 6.07) is 3.07. The van der Waals surface area contributed by atoms with Crippen LogP contribution in [0.2, 0.25) is 0 Å². The number of ether oxygens (including phenoxy) is 1. The number of nitrogen functional groups attached to an aromatic ring is 1. The molecule has 24 heavy (non-hydrogen) atoms. The molecule has 7 nitrogen and oxygen atoms in total. The van der Waals surface area contributed by atoms with Crippen LogP contribution in [0.4, 0.5) is 5.82 Å². The van der Waals surface area contributed by atoms with Gasteiger partial charge in [0.2, 0.25) is 11.1 Å². The molecule has 0 bridgehead atoms. The summed E-state index contributed by atoms with van der Waals surface area (Å²) in [6.45, 7) is 5.85. The van der Waals surface area contributed by atoms with Crippen LogP contribution in [0.5, 0.6) is 0 Å². The molecule has 0 aliphatic heterocycles. The summed E-state index contributed by atoms with van der Waals surface area (Å²) in [5.74, 6) is -0.499. The average Bonchev–Trinajstić information content (AvgIpc) is 2.54. The SMILES string of the molecule is CCOC(=O)c1cc2c(=O)c3cc(C(C)C)ncc3oc2nc1N. The summed E-state index contributed by atoms with van der Waals surface area (Å²) in [4.78, 5) is 33.0. The van der Waals surface area contributed by atoms with Crippen LogP contribution >= 0.6 is 0 Å². The zero-order valence-corrected chi connectivity index (χ0v) is 13.6. The number of carbonyl (C=O) groups is 1. The van der Waals surface area contributed by atoms with Crippen LogP contribution in [0.3, 0.4) is 0 Å². The van der Waals surface area contributed by atoms with Gasteiger partial charge in [0.25, 0.3) is 0 Å².